The molecule has 0 aromatic heterocycles. The van der Waals surface area contributed by atoms with Gasteiger partial charge in [0.2, 0.25) is 0 Å². The van der Waals surface area contributed by atoms with Crippen molar-refractivity contribution in [1.29, 1.82) is 0 Å². The van der Waals surface area contributed by atoms with Gasteiger partial charge in [-0.05, 0) is 77.8 Å². The Bertz CT molecular complexity index is 907. The highest BCUT2D eigenvalue weighted by atomic mass is 16.5. The lowest BCUT2D eigenvalue weighted by Gasteiger charge is -2.20. The highest BCUT2D eigenvalue weighted by Gasteiger charge is 2.17. The Kier molecular flexibility index (Phi) is 9.50. The van der Waals surface area contributed by atoms with Crippen LogP contribution in [0.4, 0.5) is 0 Å². The van der Waals surface area contributed by atoms with Crippen LogP contribution in [0.2, 0.25) is 0 Å². The SMILES string of the molecule is CC/C(=C\C=C\C(O)(CC)CC)c1cc(OCc2ccc(CO)c(CO)c2)ccc1C. The molecule has 31 heavy (non-hydrogen) atoms. The van der Waals surface area contributed by atoms with E-state index in [1.807, 2.05) is 50.3 Å². The van der Waals surface area contributed by atoms with Gasteiger partial charge >= 0.3 is 0 Å². The maximum Gasteiger partial charge on any atom is 0.120 e. The van der Waals surface area contributed by atoms with E-state index in [-0.39, 0.29) is 13.2 Å². The fourth-order valence-electron chi connectivity index (χ4n) is 3.50. The molecule has 0 amide bonds. The Labute approximate surface area is 186 Å². The van der Waals surface area contributed by atoms with Gasteiger partial charge in [0.15, 0.2) is 0 Å². The Morgan fingerprint density at radius 2 is 1.68 bits per heavy atom. The first-order valence-electron chi connectivity index (χ1n) is 11.1. The topological polar surface area (TPSA) is 69.9 Å². The quantitative estimate of drug-likeness (QED) is 0.419. The number of hydrogen-bond donors (Lipinski definition) is 3. The minimum absolute atomic E-state index is 0.0904. The molecule has 0 aliphatic carbocycles. The number of aliphatic hydroxyl groups is 3. The lowest BCUT2D eigenvalue weighted by molar-refractivity contribution is 0.0828. The van der Waals surface area contributed by atoms with Gasteiger partial charge in [0.1, 0.15) is 12.4 Å². The minimum atomic E-state index is -0.756. The lowest BCUT2D eigenvalue weighted by Crippen LogP contribution is -2.22. The Morgan fingerprint density at radius 1 is 0.968 bits per heavy atom. The van der Waals surface area contributed by atoms with Crippen LogP contribution in [0.25, 0.3) is 5.57 Å². The predicted molar refractivity (Wildman–Crippen MR) is 127 cm³/mol. The standard InChI is InChI=1S/C27H36O4/c1-5-22(9-8-14-27(30,6-2)7-3)26-16-25(13-10-20(26)4)31-19-21-11-12-23(17-28)24(15-21)18-29/h8-16,28-30H,5-7,17-19H2,1-4H3/b14-8+,22-9+. The van der Waals surface area contributed by atoms with Crippen molar-refractivity contribution in [2.24, 2.45) is 0 Å². The van der Waals surface area contributed by atoms with Crippen molar-refractivity contribution in [3.63, 3.8) is 0 Å². The van der Waals surface area contributed by atoms with Crippen LogP contribution in [-0.2, 0) is 19.8 Å². The van der Waals surface area contributed by atoms with Gasteiger partial charge in [-0.2, -0.15) is 0 Å². The van der Waals surface area contributed by atoms with E-state index in [1.54, 1.807) is 0 Å². The zero-order valence-electron chi connectivity index (χ0n) is 19.2. The van der Waals surface area contributed by atoms with Gasteiger partial charge in [-0.3, -0.25) is 0 Å². The average Bonchev–Trinajstić information content (AvgIpc) is 2.81. The van der Waals surface area contributed by atoms with Crippen molar-refractivity contribution in [3.05, 3.63) is 82.4 Å². The van der Waals surface area contributed by atoms with Crippen molar-refractivity contribution < 1.29 is 20.1 Å². The molecule has 168 valence electrons. The second kappa shape index (κ2) is 11.8. The molecule has 3 N–H and O–H groups in total. The third kappa shape index (κ3) is 6.79. The van der Waals surface area contributed by atoms with Crippen LogP contribution in [0.15, 0.2) is 54.6 Å². The molecule has 0 aliphatic heterocycles. The molecule has 0 spiro atoms. The van der Waals surface area contributed by atoms with Crippen molar-refractivity contribution >= 4 is 5.57 Å². The van der Waals surface area contributed by atoms with Gasteiger partial charge in [0.05, 0.1) is 18.8 Å². The molecule has 0 saturated heterocycles. The fraction of sp³-hybridized carbons (Fsp3) is 0.407. The van der Waals surface area contributed by atoms with E-state index < -0.39 is 5.60 Å². The smallest absolute Gasteiger partial charge is 0.120 e. The summed E-state index contributed by atoms with van der Waals surface area (Å²) in [6.45, 7) is 8.37. The van der Waals surface area contributed by atoms with Crippen molar-refractivity contribution in [2.45, 2.75) is 72.4 Å². The normalized spacial score (nSPS) is 12.5. The number of ether oxygens (including phenoxy) is 1. The van der Waals surface area contributed by atoms with Gasteiger partial charge in [0.25, 0.3) is 0 Å². The van der Waals surface area contributed by atoms with Crippen LogP contribution >= 0.6 is 0 Å². The first-order valence-corrected chi connectivity index (χ1v) is 11.1. The van der Waals surface area contributed by atoms with Crippen LogP contribution in [0, 0.1) is 6.92 Å². The fourth-order valence-corrected chi connectivity index (χ4v) is 3.50. The zero-order chi connectivity index (χ0) is 22.9. The van der Waals surface area contributed by atoms with E-state index in [4.69, 9.17) is 4.74 Å². The van der Waals surface area contributed by atoms with Crippen molar-refractivity contribution in [2.75, 3.05) is 0 Å². The summed E-state index contributed by atoms with van der Waals surface area (Å²) in [5, 5.41) is 29.3. The van der Waals surface area contributed by atoms with Crippen LogP contribution in [0.3, 0.4) is 0 Å². The Morgan fingerprint density at radius 3 is 2.29 bits per heavy atom. The summed E-state index contributed by atoms with van der Waals surface area (Å²) in [6.07, 6.45) is 8.16. The third-order valence-electron chi connectivity index (χ3n) is 5.88. The summed E-state index contributed by atoms with van der Waals surface area (Å²) in [7, 11) is 0. The number of benzene rings is 2. The molecule has 0 atom stereocenters. The largest absolute Gasteiger partial charge is 0.489 e. The monoisotopic (exact) mass is 424 g/mol. The molecule has 4 heteroatoms. The molecule has 0 heterocycles. The van der Waals surface area contributed by atoms with Crippen LogP contribution in [0.5, 0.6) is 5.75 Å². The molecule has 2 rings (SSSR count). The number of hydrogen-bond acceptors (Lipinski definition) is 4. The van der Waals surface area contributed by atoms with Crippen LogP contribution in [0.1, 0.15) is 67.9 Å². The first-order chi connectivity index (χ1) is 14.9. The molecule has 0 radical (unpaired) electrons. The van der Waals surface area contributed by atoms with Gasteiger partial charge in [-0.25, -0.2) is 0 Å². The lowest BCUT2D eigenvalue weighted by atomic mass is 9.95. The minimum Gasteiger partial charge on any atom is -0.489 e. The van der Waals surface area contributed by atoms with Crippen molar-refractivity contribution in [3.8, 4) is 5.75 Å². The molecular formula is C27H36O4. The summed E-state index contributed by atoms with van der Waals surface area (Å²) < 4.78 is 6.02. The third-order valence-corrected chi connectivity index (χ3v) is 5.88. The van der Waals surface area contributed by atoms with Crippen molar-refractivity contribution in [1.82, 2.24) is 0 Å². The van der Waals surface area contributed by atoms with E-state index in [0.29, 0.717) is 19.4 Å². The molecule has 0 fully saturated rings. The Balaban J connectivity index is 2.20. The maximum atomic E-state index is 10.5. The number of allylic oxidation sites excluding steroid dienone is 3. The zero-order valence-corrected chi connectivity index (χ0v) is 19.2. The summed E-state index contributed by atoms with van der Waals surface area (Å²) in [5.41, 5.74) is 5.12. The first kappa shape index (κ1) is 24.9. The van der Waals surface area contributed by atoms with E-state index in [9.17, 15) is 15.3 Å². The second-order valence-corrected chi connectivity index (χ2v) is 7.90. The summed E-state index contributed by atoms with van der Waals surface area (Å²) in [6, 6.07) is 11.7. The predicted octanol–water partition coefficient (Wildman–Crippen LogP) is 5.46. The van der Waals surface area contributed by atoms with E-state index in [1.165, 1.54) is 11.1 Å². The molecule has 2 aromatic rings. The van der Waals surface area contributed by atoms with Crippen LogP contribution < -0.4 is 4.74 Å². The molecule has 0 saturated carbocycles. The summed E-state index contributed by atoms with van der Waals surface area (Å²) in [4.78, 5) is 0. The summed E-state index contributed by atoms with van der Waals surface area (Å²) in [5.74, 6) is 0.777. The second-order valence-electron chi connectivity index (χ2n) is 7.90. The maximum absolute atomic E-state index is 10.5. The van der Waals surface area contributed by atoms with Gasteiger partial charge < -0.3 is 20.1 Å². The van der Waals surface area contributed by atoms with Gasteiger partial charge in [0, 0.05) is 0 Å². The average molecular weight is 425 g/mol. The molecule has 2 aromatic carbocycles. The molecular weight excluding hydrogens is 388 g/mol. The number of rotatable bonds is 11. The van der Waals surface area contributed by atoms with Gasteiger partial charge in [-0.15, -0.1) is 0 Å². The summed E-state index contributed by atoms with van der Waals surface area (Å²) >= 11 is 0. The number of aryl methyl sites for hydroxylation is 1. The molecule has 4 nitrogen and oxygen atoms in total. The highest BCUT2D eigenvalue weighted by molar-refractivity contribution is 5.70. The number of aliphatic hydroxyl groups excluding tert-OH is 2. The van der Waals surface area contributed by atoms with Crippen LogP contribution in [-0.4, -0.2) is 20.9 Å². The highest BCUT2D eigenvalue weighted by Crippen LogP contribution is 2.27. The van der Waals surface area contributed by atoms with E-state index >= 15 is 0 Å². The Hall–Kier alpha value is -2.40. The van der Waals surface area contributed by atoms with E-state index in [0.717, 1.165) is 34.4 Å². The molecule has 0 bridgehead atoms. The van der Waals surface area contributed by atoms with E-state index in [2.05, 4.69) is 32.1 Å². The molecule has 0 aliphatic rings. The van der Waals surface area contributed by atoms with Gasteiger partial charge in [-0.1, -0.05) is 57.2 Å². The molecule has 0 unspecified atom stereocenters.